The second-order valence-corrected chi connectivity index (χ2v) is 7.09. The molecule has 1 saturated heterocycles. The molecule has 2 atom stereocenters. The molecule has 0 aromatic heterocycles. The Labute approximate surface area is 144 Å². The van der Waals surface area contributed by atoms with Gasteiger partial charge in [-0.25, -0.2) is 0 Å². The highest BCUT2D eigenvalue weighted by atomic mass is 79.9. The topological polar surface area (TPSA) is 15.3 Å². The zero-order valence-corrected chi connectivity index (χ0v) is 15.2. The fraction of sp³-hybridized carbons (Fsp3) is 0.647. The van der Waals surface area contributed by atoms with Crippen molar-refractivity contribution in [2.45, 2.75) is 38.9 Å². The van der Waals surface area contributed by atoms with Crippen molar-refractivity contribution >= 4 is 15.9 Å². The van der Waals surface area contributed by atoms with Crippen LogP contribution in [0, 0.1) is 5.92 Å². The van der Waals surface area contributed by atoms with Crippen LogP contribution < -0.4 is 5.32 Å². The summed E-state index contributed by atoms with van der Waals surface area (Å²) >= 11 is 3.47. The van der Waals surface area contributed by atoms with Gasteiger partial charge in [-0.15, -0.1) is 0 Å². The van der Waals surface area contributed by atoms with E-state index >= 15 is 0 Å². The predicted octanol–water partition coefficient (Wildman–Crippen LogP) is 4.85. The van der Waals surface area contributed by atoms with E-state index in [0.717, 1.165) is 55.1 Å². The van der Waals surface area contributed by atoms with Crippen LogP contribution in [0.3, 0.4) is 0 Å². The molecule has 1 unspecified atom stereocenters. The molecular formula is C17H24BrF3N2. The Bertz CT molecular complexity index is 513. The lowest BCUT2D eigenvalue weighted by Crippen LogP contribution is -2.46. The smallest absolute Gasteiger partial charge is 0.314 e. The number of nitrogens with zero attached hydrogens (tertiary/aromatic N) is 1. The van der Waals surface area contributed by atoms with Crippen molar-refractivity contribution in [3.8, 4) is 0 Å². The summed E-state index contributed by atoms with van der Waals surface area (Å²) in [5.41, 5.74) is 0.183. The summed E-state index contributed by atoms with van der Waals surface area (Å²) in [5, 5.41) is 3.31. The van der Waals surface area contributed by atoms with Crippen molar-refractivity contribution in [2.24, 2.45) is 5.92 Å². The largest absolute Gasteiger partial charge is 0.416 e. The SMILES string of the molecule is CCCC(C)[C@H](c1cc(C(F)(F)F)ccc1Br)N1CCNCC1. The molecule has 1 aromatic rings. The van der Waals surface area contributed by atoms with Gasteiger partial charge in [-0.2, -0.15) is 13.2 Å². The molecular weight excluding hydrogens is 369 g/mol. The number of hydrogen-bond donors (Lipinski definition) is 1. The highest BCUT2D eigenvalue weighted by molar-refractivity contribution is 9.10. The molecule has 2 rings (SSSR count). The molecule has 0 saturated carbocycles. The third-order valence-electron chi connectivity index (χ3n) is 4.47. The third kappa shape index (κ3) is 4.70. The molecule has 0 aliphatic carbocycles. The van der Waals surface area contributed by atoms with Crippen LogP contribution in [0.4, 0.5) is 13.2 Å². The molecule has 6 heteroatoms. The van der Waals surface area contributed by atoms with E-state index in [1.165, 1.54) is 12.1 Å². The van der Waals surface area contributed by atoms with Crippen LogP contribution in [0.25, 0.3) is 0 Å². The Hall–Kier alpha value is -0.590. The first-order chi connectivity index (χ1) is 10.8. The molecule has 1 aromatic carbocycles. The van der Waals surface area contributed by atoms with Gasteiger partial charge in [0.25, 0.3) is 0 Å². The molecule has 1 fully saturated rings. The fourth-order valence-electron chi connectivity index (χ4n) is 3.38. The van der Waals surface area contributed by atoms with E-state index in [0.29, 0.717) is 5.92 Å². The lowest BCUT2D eigenvalue weighted by Gasteiger charge is -2.39. The van der Waals surface area contributed by atoms with E-state index in [1.54, 1.807) is 0 Å². The first kappa shape index (κ1) is 18.7. The maximum absolute atomic E-state index is 13.1. The van der Waals surface area contributed by atoms with Gasteiger partial charge in [0.15, 0.2) is 0 Å². The number of alkyl halides is 3. The molecule has 1 heterocycles. The molecule has 23 heavy (non-hydrogen) atoms. The number of rotatable bonds is 5. The van der Waals surface area contributed by atoms with Gasteiger partial charge in [-0.3, -0.25) is 4.90 Å². The maximum atomic E-state index is 13.1. The van der Waals surface area contributed by atoms with E-state index in [-0.39, 0.29) is 6.04 Å². The predicted molar refractivity (Wildman–Crippen MR) is 90.4 cm³/mol. The minimum Gasteiger partial charge on any atom is -0.314 e. The summed E-state index contributed by atoms with van der Waals surface area (Å²) in [7, 11) is 0. The first-order valence-corrected chi connectivity index (χ1v) is 8.95. The Kier molecular flexibility index (Phi) is 6.51. The van der Waals surface area contributed by atoms with Crippen molar-refractivity contribution in [1.29, 1.82) is 0 Å². The van der Waals surface area contributed by atoms with Gasteiger partial charge >= 0.3 is 6.18 Å². The summed E-state index contributed by atoms with van der Waals surface area (Å²) in [4.78, 5) is 2.32. The van der Waals surface area contributed by atoms with E-state index in [1.807, 2.05) is 0 Å². The lowest BCUT2D eigenvalue weighted by atomic mass is 9.88. The second kappa shape index (κ2) is 7.99. The second-order valence-electron chi connectivity index (χ2n) is 6.23. The normalized spacial score (nSPS) is 19.6. The molecule has 2 nitrogen and oxygen atoms in total. The number of hydrogen-bond acceptors (Lipinski definition) is 2. The summed E-state index contributed by atoms with van der Waals surface area (Å²) < 4.78 is 40.1. The number of nitrogens with one attached hydrogen (secondary N) is 1. The van der Waals surface area contributed by atoms with E-state index in [4.69, 9.17) is 0 Å². The van der Waals surface area contributed by atoms with Gasteiger partial charge in [-0.05, 0) is 36.1 Å². The van der Waals surface area contributed by atoms with E-state index < -0.39 is 11.7 Å². The van der Waals surface area contributed by atoms with Crippen LogP contribution in [0.1, 0.15) is 43.9 Å². The average Bonchev–Trinajstić information content (AvgIpc) is 2.49. The average molecular weight is 393 g/mol. The van der Waals surface area contributed by atoms with Gasteiger partial charge in [0.2, 0.25) is 0 Å². The fourth-order valence-corrected chi connectivity index (χ4v) is 3.86. The number of halogens is 4. The third-order valence-corrected chi connectivity index (χ3v) is 5.19. The molecule has 1 N–H and O–H groups in total. The van der Waals surface area contributed by atoms with Crippen molar-refractivity contribution in [2.75, 3.05) is 26.2 Å². The van der Waals surface area contributed by atoms with Crippen LogP contribution >= 0.6 is 15.9 Å². The zero-order chi connectivity index (χ0) is 17.0. The van der Waals surface area contributed by atoms with Gasteiger partial charge in [-0.1, -0.05) is 36.2 Å². The Morgan fingerprint density at radius 1 is 1.26 bits per heavy atom. The van der Waals surface area contributed by atoms with Crippen molar-refractivity contribution in [3.63, 3.8) is 0 Å². The molecule has 0 amide bonds. The minimum absolute atomic E-state index is 0.00808. The minimum atomic E-state index is -4.31. The van der Waals surface area contributed by atoms with Crippen molar-refractivity contribution in [1.82, 2.24) is 10.2 Å². The first-order valence-electron chi connectivity index (χ1n) is 8.16. The van der Waals surface area contributed by atoms with Gasteiger partial charge < -0.3 is 5.32 Å². The zero-order valence-electron chi connectivity index (χ0n) is 13.6. The van der Waals surface area contributed by atoms with Crippen LogP contribution in [0.15, 0.2) is 22.7 Å². The van der Waals surface area contributed by atoms with Crippen LogP contribution in [-0.4, -0.2) is 31.1 Å². The maximum Gasteiger partial charge on any atom is 0.416 e. The highest BCUT2D eigenvalue weighted by Gasteiger charge is 2.34. The molecule has 0 bridgehead atoms. The molecule has 0 radical (unpaired) electrons. The van der Waals surface area contributed by atoms with Crippen LogP contribution in [0.2, 0.25) is 0 Å². The molecule has 1 aliphatic rings. The standard InChI is InChI=1S/C17H24BrF3N2/c1-3-4-12(2)16(23-9-7-22-8-10-23)14-11-13(17(19,20)21)5-6-15(14)18/h5-6,11-12,16,22H,3-4,7-10H2,1-2H3/t12?,16-/m1/s1. The Morgan fingerprint density at radius 2 is 1.91 bits per heavy atom. The van der Waals surface area contributed by atoms with Crippen LogP contribution in [0.5, 0.6) is 0 Å². The summed E-state index contributed by atoms with van der Waals surface area (Å²) in [6.07, 6.45) is -2.28. The summed E-state index contributed by atoms with van der Waals surface area (Å²) in [5.74, 6) is 0.304. The highest BCUT2D eigenvalue weighted by Crippen LogP contribution is 2.39. The Balaban J connectivity index is 2.41. The van der Waals surface area contributed by atoms with Gasteiger partial charge in [0.05, 0.1) is 5.56 Å². The number of benzene rings is 1. The summed E-state index contributed by atoms with van der Waals surface area (Å²) in [6.45, 7) is 7.75. The lowest BCUT2D eigenvalue weighted by molar-refractivity contribution is -0.137. The van der Waals surface area contributed by atoms with Crippen molar-refractivity contribution < 1.29 is 13.2 Å². The molecule has 1 aliphatic heterocycles. The molecule has 0 spiro atoms. The number of piperazine rings is 1. The van der Waals surface area contributed by atoms with Crippen molar-refractivity contribution in [3.05, 3.63) is 33.8 Å². The van der Waals surface area contributed by atoms with Gasteiger partial charge in [0.1, 0.15) is 0 Å². The Morgan fingerprint density at radius 3 is 2.48 bits per heavy atom. The van der Waals surface area contributed by atoms with E-state index in [9.17, 15) is 13.2 Å². The molecule has 130 valence electrons. The van der Waals surface area contributed by atoms with E-state index in [2.05, 4.69) is 40.0 Å². The summed E-state index contributed by atoms with van der Waals surface area (Å²) in [6, 6.07) is 4.01. The quantitative estimate of drug-likeness (QED) is 0.770. The van der Waals surface area contributed by atoms with Crippen LogP contribution in [-0.2, 0) is 6.18 Å². The van der Waals surface area contributed by atoms with Gasteiger partial charge in [0, 0.05) is 36.7 Å². The monoisotopic (exact) mass is 392 g/mol.